The van der Waals surface area contributed by atoms with Gasteiger partial charge in [0.25, 0.3) is 0 Å². The van der Waals surface area contributed by atoms with Crippen LogP contribution in [-0.2, 0) is 5.41 Å². The molecule has 0 amide bonds. The smallest absolute Gasteiger partial charge is 0.0622 e. The molecule has 0 nitrogen and oxygen atoms in total. The highest BCUT2D eigenvalue weighted by Crippen LogP contribution is 2.45. The van der Waals surface area contributed by atoms with Gasteiger partial charge >= 0.3 is 0 Å². The van der Waals surface area contributed by atoms with Crippen molar-refractivity contribution >= 4 is 0 Å². The molecule has 0 aliphatic rings. The highest BCUT2D eigenvalue weighted by molar-refractivity contribution is 5.60. The van der Waals surface area contributed by atoms with E-state index in [4.69, 9.17) is 0 Å². The number of benzene rings is 4. The average molecular weight is 363 g/mol. The van der Waals surface area contributed by atoms with Gasteiger partial charge in [0.05, 0.1) is 5.41 Å². The molecule has 4 aromatic carbocycles. The zero-order valence-corrected chi connectivity index (χ0v) is 16.8. The van der Waals surface area contributed by atoms with Crippen LogP contribution in [-0.4, -0.2) is 0 Å². The van der Waals surface area contributed by atoms with E-state index in [1.807, 2.05) is 0 Å². The number of rotatable bonds is 4. The molecule has 4 aromatic rings. The molecule has 4 rings (SSSR count). The average Bonchev–Trinajstić information content (AvgIpc) is 2.70. The highest BCUT2D eigenvalue weighted by Gasteiger charge is 2.38. The van der Waals surface area contributed by atoms with Crippen molar-refractivity contribution in [1.29, 1.82) is 0 Å². The SMILES string of the molecule is Cc1cccc(C(c2ccccc2)(c2cccc(C)c2)c2cccc(C)c2)c1. The molecular formula is C28H26. The first-order valence-electron chi connectivity index (χ1n) is 9.87. The Bertz CT molecular complexity index is 979. The van der Waals surface area contributed by atoms with Crippen LogP contribution in [0.25, 0.3) is 0 Å². The van der Waals surface area contributed by atoms with Crippen LogP contribution in [0.1, 0.15) is 38.9 Å². The maximum atomic E-state index is 2.33. The Labute approximate surface area is 168 Å². The van der Waals surface area contributed by atoms with Gasteiger partial charge in [-0.05, 0) is 43.0 Å². The molecule has 0 saturated carbocycles. The minimum absolute atomic E-state index is 0.356. The zero-order chi connectivity index (χ0) is 19.6. The lowest BCUT2D eigenvalue weighted by molar-refractivity contribution is 0.742. The van der Waals surface area contributed by atoms with Crippen LogP contribution in [0.4, 0.5) is 0 Å². The second-order valence-electron chi connectivity index (χ2n) is 7.72. The van der Waals surface area contributed by atoms with Crippen LogP contribution in [0.2, 0.25) is 0 Å². The van der Waals surface area contributed by atoms with Gasteiger partial charge in [-0.25, -0.2) is 0 Å². The van der Waals surface area contributed by atoms with E-state index in [0.717, 1.165) is 0 Å². The fourth-order valence-corrected chi connectivity index (χ4v) is 4.32. The van der Waals surface area contributed by atoms with E-state index < -0.39 is 0 Å². The summed E-state index contributed by atoms with van der Waals surface area (Å²) in [5, 5.41) is 0. The molecule has 0 saturated heterocycles. The van der Waals surface area contributed by atoms with Gasteiger partial charge in [-0.1, -0.05) is 120 Å². The molecule has 0 unspecified atom stereocenters. The number of hydrogen-bond donors (Lipinski definition) is 0. The molecule has 0 fully saturated rings. The van der Waals surface area contributed by atoms with Crippen molar-refractivity contribution in [3.05, 3.63) is 142 Å². The van der Waals surface area contributed by atoms with Crippen LogP contribution >= 0.6 is 0 Å². The van der Waals surface area contributed by atoms with E-state index in [1.54, 1.807) is 0 Å². The Balaban J connectivity index is 2.17. The fraction of sp³-hybridized carbons (Fsp3) is 0.143. The quantitative estimate of drug-likeness (QED) is 0.343. The van der Waals surface area contributed by atoms with Crippen molar-refractivity contribution in [1.82, 2.24) is 0 Å². The summed E-state index contributed by atoms with van der Waals surface area (Å²) in [5.74, 6) is 0. The predicted octanol–water partition coefficient (Wildman–Crippen LogP) is 6.99. The third-order valence-corrected chi connectivity index (χ3v) is 5.56. The summed E-state index contributed by atoms with van der Waals surface area (Å²) < 4.78 is 0. The molecule has 0 bridgehead atoms. The van der Waals surface area contributed by atoms with Gasteiger partial charge in [0.15, 0.2) is 0 Å². The standard InChI is InChI=1S/C28H26/c1-21-10-7-15-25(18-21)28(24-13-5-4-6-14-24,26-16-8-11-22(2)19-26)27-17-9-12-23(3)20-27/h4-20H,1-3H3. The third kappa shape index (κ3) is 3.16. The maximum Gasteiger partial charge on any atom is 0.0701 e. The van der Waals surface area contributed by atoms with Gasteiger partial charge in [0, 0.05) is 0 Å². The van der Waals surface area contributed by atoms with Crippen LogP contribution in [0.3, 0.4) is 0 Å². The molecule has 0 heterocycles. The predicted molar refractivity (Wildman–Crippen MR) is 119 cm³/mol. The van der Waals surface area contributed by atoms with Crippen molar-refractivity contribution in [3.8, 4) is 0 Å². The van der Waals surface area contributed by atoms with Crippen LogP contribution < -0.4 is 0 Å². The number of aryl methyl sites for hydroxylation is 3. The Morgan fingerprint density at radius 2 is 0.750 bits per heavy atom. The molecular weight excluding hydrogens is 336 g/mol. The van der Waals surface area contributed by atoms with E-state index in [-0.39, 0.29) is 5.41 Å². The van der Waals surface area contributed by atoms with Gasteiger partial charge in [-0.15, -0.1) is 0 Å². The molecule has 0 aromatic heterocycles. The van der Waals surface area contributed by atoms with Crippen molar-refractivity contribution < 1.29 is 0 Å². The maximum absolute atomic E-state index is 2.33. The van der Waals surface area contributed by atoms with E-state index >= 15 is 0 Å². The topological polar surface area (TPSA) is 0 Å². The fourth-order valence-electron chi connectivity index (χ4n) is 4.32. The van der Waals surface area contributed by atoms with E-state index in [2.05, 4.69) is 124 Å². The minimum atomic E-state index is -0.356. The molecule has 138 valence electrons. The van der Waals surface area contributed by atoms with Crippen molar-refractivity contribution in [2.45, 2.75) is 26.2 Å². The van der Waals surface area contributed by atoms with Crippen molar-refractivity contribution in [3.63, 3.8) is 0 Å². The van der Waals surface area contributed by atoms with Gasteiger partial charge in [0.1, 0.15) is 0 Å². The third-order valence-electron chi connectivity index (χ3n) is 5.56. The monoisotopic (exact) mass is 362 g/mol. The first kappa shape index (κ1) is 18.3. The summed E-state index contributed by atoms with van der Waals surface area (Å²) in [6.07, 6.45) is 0. The lowest BCUT2D eigenvalue weighted by Crippen LogP contribution is -2.31. The van der Waals surface area contributed by atoms with Crippen LogP contribution in [0.15, 0.2) is 103 Å². The summed E-state index contributed by atoms with van der Waals surface area (Å²) in [4.78, 5) is 0. The van der Waals surface area contributed by atoms with E-state index in [9.17, 15) is 0 Å². The Morgan fingerprint density at radius 3 is 1.11 bits per heavy atom. The summed E-state index contributed by atoms with van der Waals surface area (Å²) in [7, 11) is 0. The second kappa shape index (κ2) is 7.48. The number of hydrogen-bond acceptors (Lipinski definition) is 0. The normalized spacial score (nSPS) is 11.4. The molecule has 0 aliphatic heterocycles. The molecule has 28 heavy (non-hydrogen) atoms. The second-order valence-corrected chi connectivity index (χ2v) is 7.72. The molecule has 0 N–H and O–H groups in total. The molecule has 0 radical (unpaired) electrons. The minimum Gasteiger partial charge on any atom is -0.0622 e. The zero-order valence-electron chi connectivity index (χ0n) is 16.8. The van der Waals surface area contributed by atoms with Gasteiger partial charge in [0.2, 0.25) is 0 Å². The van der Waals surface area contributed by atoms with E-state index in [0.29, 0.717) is 0 Å². The Kier molecular flexibility index (Phi) is 4.88. The lowest BCUT2D eigenvalue weighted by Gasteiger charge is -2.37. The Hall–Kier alpha value is -3.12. The van der Waals surface area contributed by atoms with Gasteiger partial charge < -0.3 is 0 Å². The summed E-state index contributed by atoms with van der Waals surface area (Å²) in [5.41, 5.74) is 8.66. The first-order valence-corrected chi connectivity index (χ1v) is 9.87. The first-order chi connectivity index (χ1) is 13.6. The van der Waals surface area contributed by atoms with E-state index in [1.165, 1.54) is 38.9 Å². The van der Waals surface area contributed by atoms with Gasteiger partial charge in [-0.2, -0.15) is 0 Å². The van der Waals surface area contributed by atoms with Crippen LogP contribution in [0.5, 0.6) is 0 Å². The molecule has 0 spiro atoms. The van der Waals surface area contributed by atoms with Crippen LogP contribution in [0, 0.1) is 20.8 Å². The summed E-state index contributed by atoms with van der Waals surface area (Å²) in [6.45, 7) is 6.52. The summed E-state index contributed by atoms with van der Waals surface area (Å²) in [6, 6.07) is 37.7. The van der Waals surface area contributed by atoms with Crippen molar-refractivity contribution in [2.24, 2.45) is 0 Å². The summed E-state index contributed by atoms with van der Waals surface area (Å²) >= 11 is 0. The molecule has 0 heteroatoms. The lowest BCUT2D eigenvalue weighted by atomic mass is 9.64. The molecule has 0 aliphatic carbocycles. The largest absolute Gasteiger partial charge is 0.0701 e. The highest BCUT2D eigenvalue weighted by atomic mass is 14.4. The van der Waals surface area contributed by atoms with Gasteiger partial charge in [-0.3, -0.25) is 0 Å². The van der Waals surface area contributed by atoms with Crippen molar-refractivity contribution in [2.75, 3.05) is 0 Å². The Morgan fingerprint density at radius 1 is 0.393 bits per heavy atom. The molecule has 0 atom stereocenters.